The Kier molecular flexibility index (Phi) is 6.61. The standard InChI is InChI=1S/C21H25FN6O2/c1-4-7-25-21(30)28-20-26-16-11-13(12(2)9-17(29)23-3)10-14(19(16)27-20)18-15(22)6-5-8-24-18/h5-6,8,10-12H,4,7,9H2,1-3H3,(H,23,29)(H3,25,26,27,28,30). The number of carbonyl (C=O) groups excluding carboxylic acids is 2. The second-order valence-corrected chi connectivity index (χ2v) is 7.04. The van der Waals surface area contributed by atoms with Crippen molar-refractivity contribution < 1.29 is 14.0 Å². The molecule has 2 aromatic heterocycles. The molecule has 9 heteroatoms. The maximum absolute atomic E-state index is 14.5. The van der Waals surface area contributed by atoms with Crippen molar-refractivity contribution in [1.82, 2.24) is 25.6 Å². The molecule has 0 bridgehead atoms. The van der Waals surface area contributed by atoms with E-state index in [1.807, 2.05) is 19.9 Å². The number of nitrogens with zero attached hydrogens (tertiary/aromatic N) is 2. The van der Waals surface area contributed by atoms with Crippen LogP contribution in [0, 0.1) is 5.82 Å². The largest absolute Gasteiger partial charge is 0.359 e. The van der Waals surface area contributed by atoms with Crippen LogP contribution < -0.4 is 16.0 Å². The Morgan fingerprint density at radius 3 is 2.80 bits per heavy atom. The molecule has 2 heterocycles. The van der Waals surface area contributed by atoms with E-state index in [2.05, 4.69) is 30.9 Å². The summed E-state index contributed by atoms with van der Waals surface area (Å²) in [6, 6.07) is 6.12. The predicted molar refractivity (Wildman–Crippen MR) is 114 cm³/mol. The van der Waals surface area contributed by atoms with Crippen molar-refractivity contribution in [2.24, 2.45) is 0 Å². The molecule has 0 fully saturated rings. The number of aromatic amines is 1. The van der Waals surface area contributed by atoms with Crippen LogP contribution in [0.15, 0.2) is 30.5 Å². The van der Waals surface area contributed by atoms with E-state index in [1.54, 1.807) is 13.1 Å². The average molecular weight is 412 g/mol. The third kappa shape index (κ3) is 4.73. The van der Waals surface area contributed by atoms with Gasteiger partial charge in [-0.3, -0.25) is 15.1 Å². The van der Waals surface area contributed by atoms with Gasteiger partial charge < -0.3 is 15.6 Å². The molecule has 0 aliphatic heterocycles. The van der Waals surface area contributed by atoms with Gasteiger partial charge in [0.15, 0.2) is 0 Å². The van der Waals surface area contributed by atoms with Crippen molar-refractivity contribution in [1.29, 1.82) is 0 Å². The van der Waals surface area contributed by atoms with Crippen LogP contribution in [0.3, 0.4) is 0 Å². The molecule has 0 aliphatic rings. The molecule has 0 saturated carbocycles. The van der Waals surface area contributed by atoms with Gasteiger partial charge in [-0.2, -0.15) is 0 Å². The molecular weight excluding hydrogens is 387 g/mol. The first-order valence-corrected chi connectivity index (χ1v) is 9.82. The molecule has 3 aromatic rings. The highest BCUT2D eigenvalue weighted by atomic mass is 19.1. The minimum atomic E-state index is -0.479. The Hall–Kier alpha value is -3.49. The quantitative estimate of drug-likeness (QED) is 0.475. The lowest BCUT2D eigenvalue weighted by atomic mass is 9.94. The molecule has 3 amide bonds. The number of hydrogen-bond donors (Lipinski definition) is 4. The molecule has 0 spiro atoms. The number of hydrogen-bond acceptors (Lipinski definition) is 4. The van der Waals surface area contributed by atoms with Gasteiger partial charge in [-0.25, -0.2) is 14.2 Å². The molecule has 0 radical (unpaired) electrons. The second-order valence-electron chi connectivity index (χ2n) is 7.04. The van der Waals surface area contributed by atoms with Crippen molar-refractivity contribution in [3.63, 3.8) is 0 Å². The van der Waals surface area contributed by atoms with E-state index in [4.69, 9.17) is 0 Å². The molecule has 1 unspecified atom stereocenters. The molecular formula is C21H25FN6O2. The number of H-pyrrole nitrogens is 1. The normalized spacial score (nSPS) is 11.9. The minimum absolute atomic E-state index is 0.0901. The summed E-state index contributed by atoms with van der Waals surface area (Å²) in [7, 11) is 1.59. The SMILES string of the molecule is CCCNC(=O)Nc1nc2c(-c3ncccc3F)cc(C(C)CC(=O)NC)cc2[nH]1. The van der Waals surface area contributed by atoms with E-state index < -0.39 is 5.82 Å². The summed E-state index contributed by atoms with van der Waals surface area (Å²) in [5.41, 5.74) is 2.57. The number of pyridine rings is 1. The van der Waals surface area contributed by atoms with Crippen LogP contribution in [0.4, 0.5) is 15.1 Å². The monoisotopic (exact) mass is 412 g/mol. The van der Waals surface area contributed by atoms with Crippen molar-refractivity contribution in [3.05, 3.63) is 41.8 Å². The Morgan fingerprint density at radius 2 is 2.10 bits per heavy atom. The number of benzene rings is 1. The highest BCUT2D eigenvalue weighted by Gasteiger charge is 2.19. The molecule has 4 N–H and O–H groups in total. The summed E-state index contributed by atoms with van der Waals surface area (Å²) in [6.07, 6.45) is 2.60. The van der Waals surface area contributed by atoms with Gasteiger partial charge in [0.2, 0.25) is 11.9 Å². The van der Waals surface area contributed by atoms with Gasteiger partial charge in [0.25, 0.3) is 0 Å². The summed E-state index contributed by atoms with van der Waals surface area (Å²) >= 11 is 0. The molecule has 30 heavy (non-hydrogen) atoms. The van der Waals surface area contributed by atoms with Gasteiger partial charge in [-0.05, 0) is 42.2 Å². The van der Waals surface area contributed by atoms with Crippen molar-refractivity contribution in [2.45, 2.75) is 32.6 Å². The first-order chi connectivity index (χ1) is 14.4. The number of halogens is 1. The number of rotatable bonds is 7. The van der Waals surface area contributed by atoms with Crippen molar-refractivity contribution in [3.8, 4) is 11.3 Å². The molecule has 0 saturated heterocycles. The van der Waals surface area contributed by atoms with Crippen LogP contribution >= 0.6 is 0 Å². The maximum atomic E-state index is 14.5. The minimum Gasteiger partial charge on any atom is -0.359 e. The zero-order valence-electron chi connectivity index (χ0n) is 17.2. The number of amides is 3. The van der Waals surface area contributed by atoms with Gasteiger partial charge in [-0.1, -0.05) is 13.8 Å². The van der Waals surface area contributed by atoms with Gasteiger partial charge >= 0.3 is 6.03 Å². The van der Waals surface area contributed by atoms with Crippen LogP contribution in [-0.4, -0.2) is 40.5 Å². The van der Waals surface area contributed by atoms with Crippen LogP contribution in [0.1, 0.15) is 38.2 Å². The smallest absolute Gasteiger partial charge is 0.321 e. The zero-order valence-corrected chi connectivity index (χ0v) is 17.2. The number of imidazole rings is 1. The second kappa shape index (κ2) is 9.34. The summed E-state index contributed by atoms with van der Waals surface area (Å²) in [6.45, 7) is 4.41. The van der Waals surface area contributed by atoms with E-state index >= 15 is 0 Å². The Bertz CT molecular complexity index is 1060. The lowest BCUT2D eigenvalue weighted by molar-refractivity contribution is -0.120. The van der Waals surface area contributed by atoms with E-state index in [0.717, 1.165) is 12.0 Å². The topological polar surface area (TPSA) is 112 Å². The van der Waals surface area contributed by atoms with Crippen molar-refractivity contribution in [2.75, 3.05) is 18.9 Å². The van der Waals surface area contributed by atoms with Gasteiger partial charge in [0, 0.05) is 31.8 Å². The number of anilines is 1. The first kappa shape index (κ1) is 21.2. The number of aromatic nitrogens is 3. The van der Waals surface area contributed by atoms with Crippen LogP contribution in [0.2, 0.25) is 0 Å². The van der Waals surface area contributed by atoms with Crippen LogP contribution in [0.5, 0.6) is 0 Å². The van der Waals surface area contributed by atoms with Gasteiger partial charge in [0.05, 0.1) is 5.52 Å². The fourth-order valence-corrected chi connectivity index (χ4v) is 3.14. The average Bonchev–Trinajstić information content (AvgIpc) is 3.14. The summed E-state index contributed by atoms with van der Waals surface area (Å²) in [5, 5.41) is 7.98. The summed E-state index contributed by atoms with van der Waals surface area (Å²) < 4.78 is 14.5. The number of carbonyl (C=O) groups is 2. The Morgan fingerprint density at radius 1 is 1.30 bits per heavy atom. The zero-order chi connectivity index (χ0) is 21.7. The fourth-order valence-electron chi connectivity index (χ4n) is 3.14. The summed E-state index contributed by atoms with van der Waals surface area (Å²) in [4.78, 5) is 35.5. The molecule has 0 aliphatic carbocycles. The number of urea groups is 1. The molecule has 1 atom stereocenters. The number of fused-ring (bicyclic) bond motifs is 1. The Labute approximate surface area is 173 Å². The van der Waals surface area contributed by atoms with E-state index in [9.17, 15) is 14.0 Å². The lowest BCUT2D eigenvalue weighted by Gasteiger charge is -2.13. The molecule has 158 valence electrons. The van der Waals surface area contributed by atoms with E-state index in [-0.39, 0.29) is 35.9 Å². The van der Waals surface area contributed by atoms with Crippen LogP contribution in [0.25, 0.3) is 22.3 Å². The predicted octanol–water partition coefficient (Wildman–Crippen LogP) is 3.54. The first-order valence-electron chi connectivity index (χ1n) is 9.82. The maximum Gasteiger partial charge on any atom is 0.321 e. The van der Waals surface area contributed by atoms with Gasteiger partial charge in [-0.15, -0.1) is 0 Å². The third-order valence-electron chi connectivity index (χ3n) is 4.73. The van der Waals surface area contributed by atoms with Gasteiger partial charge in [0.1, 0.15) is 17.0 Å². The third-order valence-corrected chi connectivity index (χ3v) is 4.73. The van der Waals surface area contributed by atoms with Crippen LogP contribution in [-0.2, 0) is 4.79 Å². The number of nitrogens with one attached hydrogen (secondary N) is 4. The molecule has 3 rings (SSSR count). The highest BCUT2D eigenvalue weighted by Crippen LogP contribution is 2.33. The molecule has 1 aromatic carbocycles. The Balaban J connectivity index is 2.06. The lowest BCUT2D eigenvalue weighted by Crippen LogP contribution is -2.29. The van der Waals surface area contributed by atoms with E-state index in [1.165, 1.54) is 18.3 Å². The highest BCUT2D eigenvalue weighted by molar-refractivity contribution is 5.95. The van der Waals surface area contributed by atoms with Crippen molar-refractivity contribution >= 4 is 28.9 Å². The van der Waals surface area contributed by atoms with E-state index in [0.29, 0.717) is 23.1 Å². The fraction of sp³-hybridized carbons (Fsp3) is 0.333. The molecule has 8 nitrogen and oxygen atoms in total. The summed E-state index contributed by atoms with van der Waals surface area (Å²) in [5.74, 6) is -0.444.